The number of carbonyl (C=O) groups excluding carboxylic acids is 1. The van der Waals surface area contributed by atoms with Crippen molar-refractivity contribution < 1.29 is 4.79 Å². The summed E-state index contributed by atoms with van der Waals surface area (Å²) in [6.07, 6.45) is 3.51. The number of nitrogens with one attached hydrogen (secondary N) is 1. The number of aromatic nitrogens is 1. The van der Waals surface area contributed by atoms with E-state index in [-0.39, 0.29) is 5.91 Å². The van der Waals surface area contributed by atoms with Gasteiger partial charge in [-0.3, -0.25) is 9.78 Å². The van der Waals surface area contributed by atoms with E-state index in [2.05, 4.69) is 10.3 Å². The first-order valence-corrected chi connectivity index (χ1v) is 6.12. The maximum atomic E-state index is 12.1. The number of aryl methyl sites for hydroxylation is 2. The highest BCUT2D eigenvalue weighted by Crippen LogP contribution is 2.12. The molecular formula is C15H17N3O. The summed E-state index contributed by atoms with van der Waals surface area (Å²) in [5.41, 5.74) is 9.99. The summed E-state index contributed by atoms with van der Waals surface area (Å²) in [6, 6.07) is 7.20. The minimum absolute atomic E-state index is 0.0965. The maximum Gasteiger partial charge on any atom is 0.251 e. The third kappa shape index (κ3) is 3.10. The zero-order valence-corrected chi connectivity index (χ0v) is 11.1. The zero-order chi connectivity index (χ0) is 13.8. The number of pyridine rings is 1. The van der Waals surface area contributed by atoms with E-state index in [0.29, 0.717) is 17.8 Å². The van der Waals surface area contributed by atoms with Crippen LogP contribution in [0, 0.1) is 13.8 Å². The molecule has 2 aromatic rings. The van der Waals surface area contributed by atoms with E-state index in [1.165, 1.54) is 0 Å². The van der Waals surface area contributed by atoms with E-state index < -0.39 is 0 Å². The number of nitrogens with zero attached hydrogens (tertiary/aromatic N) is 1. The quantitative estimate of drug-likeness (QED) is 0.826. The first-order chi connectivity index (χ1) is 9.08. The van der Waals surface area contributed by atoms with Crippen LogP contribution in [0.2, 0.25) is 0 Å². The Hall–Kier alpha value is -2.36. The molecule has 0 fully saturated rings. The van der Waals surface area contributed by atoms with Gasteiger partial charge in [-0.05, 0) is 54.8 Å². The molecule has 0 unspecified atom stereocenters. The highest BCUT2D eigenvalue weighted by molar-refractivity contribution is 5.95. The molecule has 98 valence electrons. The van der Waals surface area contributed by atoms with Crippen molar-refractivity contribution >= 4 is 11.6 Å². The van der Waals surface area contributed by atoms with E-state index in [4.69, 9.17) is 5.73 Å². The normalized spacial score (nSPS) is 10.2. The number of anilines is 1. The van der Waals surface area contributed by atoms with Gasteiger partial charge in [0.2, 0.25) is 0 Å². The second-order valence-electron chi connectivity index (χ2n) is 4.56. The summed E-state index contributed by atoms with van der Waals surface area (Å²) in [5, 5.41) is 2.90. The predicted molar refractivity (Wildman–Crippen MR) is 75.7 cm³/mol. The van der Waals surface area contributed by atoms with Crippen molar-refractivity contribution in [3.8, 4) is 0 Å². The fraction of sp³-hybridized carbons (Fsp3) is 0.200. The van der Waals surface area contributed by atoms with E-state index in [1.807, 2.05) is 19.9 Å². The van der Waals surface area contributed by atoms with E-state index in [1.54, 1.807) is 30.6 Å². The van der Waals surface area contributed by atoms with E-state index in [9.17, 15) is 4.79 Å². The first-order valence-electron chi connectivity index (χ1n) is 6.12. The number of rotatable bonds is 3. The molecule has 0 saturated carbocycles. The molecule has 19 heavy (non-hydrogen) atoms. The summed E-state index contributed by atoms with van der Waals surface area (Å²) in [5.74, 6) is -0.0965. The molecule has 0 bridgehead atoms. The van der Waals surface area contributed by atoms with Crippen LogP contribution in [0.15, 0.2) is 36.7 Å². The summed E-state index contributed by atoms with van der Waals surface area (Å²) >= 11 is 0. The molecule has 1 heterocycles. The van der Waals surface area contributed by atoms with Gasteiger partial charge in [-0.1, -0.05) is 0 Å². The molecule has 0 saturated heterocycles. The number of nitrogens with two attached hydrogens (primary N) is 1. The Labute approximate surface area is 112 Å². The lowest BCUT2D eigenvalue weighted by molar-refractivity contribution is 0.0950. The van der Waals surface area contributed by atoms with Crippen LogP contribution in [0.1, 0.15) is 27.0 Å². The van der Waals surface area contributed by atoms with Crippen LogP contribution in [-0.4, -0.2) is 10.9 Å². The minimum Gasteiger partial charge on any atom is -0.399 e. The molecule has 2 rings (SSSR count). The molecule has 0 aliphatic heterocycles. The Bertz CT molecular complexity index is 608. The van der Waals surface area contributed by atoms with Crippen molar-refractivity contribution in [1.29, 1.82) is 0 Å². The molecule has 0 radical (unpaired) electrons. The van der Waals surface area contributed by atoms with Gasteiger partial charge in [0.15, 0.2) is 0 Å². The van der Waals surface area contributed by atoms with Gasteiger partial charge in [-0.25, -0.2) is 0 Å². The molecule has 0 aliphatic carbocycles. The molecule has 4 heteroatoms. The minimum atomic E-state index is -0.0965. The Morgan fingerprint density at radius 3 is 2.74 bits per heavy atom. The number of hydrogen-bond acceptors (Lipinski definition) is 3. The van der Waals surface area contributed by atoms with Crippen molar-refractivity contribution in [2.24, 2.45) is 0 Å². The molecule has 0 atom stereocenters. The van der Waals surface area contributed by atoms with Crippen molar-refractivity contribution in [2.75, 3.05) is 5.73 Å². The van der Waals surface area contributed by atoms with Gasteiger partial charge in [0, 0.05) is 30.2 Å². The maximum absolute atomic E-state index is 12.1. The highest BCUT2D eigenvalue weighted by atomic mass is 16.1. The van der Waals surface area contributed by atoms with Crippen LogP contribution in [-0.2, 0) is 6.54 Å². The van der Waals surface area contributed by atoms with Gasteiger partial charge in [0.25, 0.3) is 5.91 Å². The Morgan fingerprint density at radius 1 is 1.26 bits per heavy atom. The van der Waals surface area contributed by atoms with Crippen LogP contribution < -0.4 is 11.1 Å². The number of hydrogen-bond donors (Lipinski definition) is 2. The lowest BCUT2D eigenvalue weighted by atomic mass is 10.1. The third-order valence-electron chi connectivity index (χ3n) is 3.08. The molecule has 3 N–H and O–H groups in total. The summed E-state index contributed by atoms with van der Waals surface area (Å²) in [4.78, 5) is 16.1. The highest BCUT2D eigenvalue weighted by Gasteiger charge is 2.09. The fourth-order valence-corrected chi connectivity index (χ4v) is 1.89. The van der Waals surface area contributed by atoms with Crippen molar-refractivity contribution in [1.82, 2.24) is 10.3 Å². The van der Waals surface area contributed by atoms with Crippen LogP contribution in [0.25, 0.3) is 0 Å². The Morgan fingerprint density at radius 2 is 2.05 bits per heavy atom. The average molecular weight is 255 g/mol. The number of nitrogen functional groups attached to an aromatic ring is 1. The SMILES string of the molecule is Cc1ccncc1CNC(=O)c1ccc(N)cc1C. The van der Waals surface area contributed by atoms with Crippen LogP contribution in [0.5, 0.6) is 0 Å². The van der Waals surface area contributed by atoms with Crippen molar-refractivity contribution in [2.45, 2.75) is 20.4 Å². The molecule has 0 aliphatic rings. The summed E-state index contributed by atoms with van der Waals surface area (Å²) in [6.45, 7) is 4.35. The molecule has 1 aromatic heterocycles. The van der Waals surface area contributed by atoms with Gasteiger partial charge >= 0.3 is 0 Å². The van der Waals surface area contributed by atoms with Gasteiger partial charge in [0.1, 0.15) is 0 Å². The largest absolute Gasteiger partial charge is 0.399 e. The molecule has 1 amide bonds. The standard InChI is InChI=1S/C15H17N3O/c1-10-5-6-17-8-12(10)9-18-15(19)14-4-3-13(16)7-11(14)2/h3-8H,9,16H2,1-2H3,(H,18,19). The van der Waals surface area contributed by atoms with E-state index >= 15 is 0 Å². The Balaban J connectivity index is 2.08. The second-order valence-corrected chi connectivity index (χ2v) is 4.56. The third-order valence-corrected chi connectivity index (χ3v) is 3.08. The Kier molecular flexibility index (Phi) is 3.80. The van der Waals surface area contributed by atoms with Gasteiger partial charge in [0.05, 0.1) is 0 Å². The fourth-order valence-electron chi connectivity index (χ4n) is 1.89. The van der Waals surface area contributed by atoms with Gasteiger partial charge < -0.3 is 11.1 Å². The first kappa shape index (κ1) is 13.1. The number of carbonyl (C=O) groups is 1. The number of benzene rings is 1. The van der Waals surface area contributed by atoms with Crippen LogP contribution in [0.4, 0.5) is 5.69 Å². The topological polar surface area (TPSA) is 68.0 Å². The second kappa shape index (κ2) is 5.52. The smallest absolute Gasteiger partial charge is 0.251 e. The van der Waals surface area contributed by atoms with Crippen molar-refractivity contribution in [3.05, 3.63) is 58.9 Å². The summed E-state index contributed by atoms with van der Waals surface area (Å²) < 4.78 is 0. The van der Waals surface area contributed by atoms with Crippen LogP contribution >= 0.6 is 0 Å². The van der Waals surface area contributed by atoms with Crippen LogP contribution in [0.3, 0.4) is 0 Å². The van der Waals surface area contributed by atoms with Gasteiger partial charge in [-0.15, -0.1) is 0 Å². The van der Waals surface area contributed by atoms with E-state index in [0.717, 1.165) is 16.7 Å². The number of amides is 1. The van der Waals surface area contributed by atoms with Crippen molar-refractivity contribution in [3.63, 3.8) is 0 Å². The molecule has 0 spiro atoms. The lowest BCUT2D eigenvalue weighted by Crippen LogP contribution is -2.24. The van der Waals surface area contributed by atoms with Gasteiger partial charge in [-0.2, -0.15) is 0 Å². The predicted octanol–water partition coefficient (Wildman–Crippen LogP) is 2.21. The lowest BCUT2D eigenvalue weighted by Gasteiger charge is -2.09. The molecule has 4 nitrogen and oxygen atoms in total. The monoisotopic (exact) mass is 255 g/mol. The molecule has 1 aromatic carbocycles. The molecular weight excluding hydrogens is 238 g/mol. The summed E-state index contributed by atoms with van der Waals surface area (Å²) in [7, 11) is 0. The zero-order valence-electron chi connectivity index (χ0n) is 11.1. The average Bonchev–Trinajstić information content (AvgIpc) is 2.37.